The second-order valence-electron chi connectivity index (χ2n) is 4.56. The molecule has 0 amide bonds. The van der Waals surface area contributed by atoms with Crippen molar-refractivity contribution in [1.29, 1.82) is 0 Å². The summed E-state index contributed by atoms with van der Waals surface area (Å²) in [6, 6.07) is 5.25. The van der Waals surface area contributed by atoms with Crippen LogP contribution in [0.5, 0.6) is 0 Å². The van der Waals surface area contributed by atoms with Crippen molar-refractivity contribution in [3.63, 3.8) is 0 Å². The third kappa shape index (κ3) is 3.53. The Labute approximate surface area is 102 Å². The van der Waals surface area contributed by atoms with E-state index in [2.05, 4.69) is 16.9 Å². The van der Waals surface area contributed by atoms with Crippen molar-refractivity contribution in [2.75, 3.05) is 26.7 Å². The Bertz CT molecular complexity index is 359. The molecule has 1 aliphatic heterocycles. The summed E-state index contributed by atoms with van der Waals surface area (Å²) in [5.74, 6) is 0.184. The Morgan fingerprint density at radius 1 is 1.47 bits per heavy atom. The first-order valence-electron chi connectivity index (χ1n) is 6.02. The van der Waals surface area contributed by atoms with Gasteiger partial charge in [-0.3, -0.25) is 0 Å². The second-order valence-corrected chi connectivity index (χ2v) is 4.56. The van der Waals surface area contributed by atoms with Gasteiger partial charge in [0.2, 0.25) is 0 Å². The van der Waals surface area contributed by atoms with Gasteiger partial charge in [0.1, 0.15) is 5.69 Å². The highest BCUT2D eigenvalue weighted by Gasteiger charge is 2.18. The van der Waals surface area contributed by atoms with Crippen LogP contribution in [0, 0.1) is 5.92 Å². The number of hydrogen-bond acceptors (Lipinski definition) is 4. The molecule has 0 bridgehead atoms. The SMILES string of the molecule is CN1CCC(COC(=O)c2ccccn2)CC1. The summed E-state index contributed by atoms with van der Waals surface area (Å²) in [5.41, 5.74) is 0.389. The van der Waals surface area contributed by atoms with Crippen molar-refractivity contribution in [2.45, 2.75) is 12.8 Å². The van der Waals surface area contributed by atoms with E-state index in [1.54, 1.807) is 24.4 Å². The van der Waals surface area contributed by atoms with E-state index in [1.165, 1.54) is 0 Å². The molecule has 1 aromatic heterocycles. The van der Waals surface area contributed by atoms with Crippen LogP contribution in [0.3, 0.4) is 0 Å². The Kier molecular flexibility index (Phi) is 4.09. The molecule has 0 atom stereocenters. The van der Waals surface area contributed by atoms with E-state index in [0.717, 1.165) is 25.9 Å². The maximum atomic E-state index is 11.7. The lowest BCUT2D eigenvalue weighted by Gasteiger charge is -2.28. The van der Waals surface area contributed by atoms with Gasteiger partial charge in [-0.2, -0.15) is 0 Å². The molecular formula is C13H18N2O2. The largest absolute Gasteiger partial charge is 0.461 e. The molecule has 2 rings (SSSR count). The van der Waals surface area contributed by atoms with E-state index >= 15 is 0 Å². The topological polar surface area (TPSA) is 42.4 Å². The zero-order valence-electron chi connectivity index (χ0n) is 10.1. The molecule has 1 aromatic rings. The van der Waals surface area contributed by atoms with Crippen LogP contribution >= 0.6 is 0 Å². The lowest BCUT2D eigenvalue weighted by atomic mass is 9.98. The van der Waals surface area contributed by atoms with Crippen LogP contribution < -0.4 is 0 Å². The molecule has 0 N–H and O–H groups in total. The summed E-state index contributed by atoms with van der Waals surface area (Å²) in [7, 11) is 2.12. The van der Waals surface area contributed by atoms with Gasteiger partial charge in [0.05, 0.1) is 6.61 Å². The lowest BCUT2D eigenvalue weighted by Crippen LogP contribution is -2.32. The summed E-state index contributed by atoms with van der Waals surface area (Å²) in [5, 5.41) is 0. The fourth-order valence-corrected chi connectivity index (χ4v) is 1.98. The molecule has 0 aromatic carbocycles. The standard InChI is InChI=1S/C13H18N2O2/c1-15-8-5-11(6-9-15)10-17-13(16)12-4-2-3-7-14-12/h2-4,7,11H,5-6,8-10H2,1H3. The number of aromatic nitrogens is 1. The normalized spacial score (nSPS) is 17.9. The molecule has 0 aliphatic carbocycles. The van der Waals surface area contributed by atoms with Gasteiger partial charge in [0.25, 0.3) is 0 Å². The van der Waals surface area contributed by atoms with Crippen LogP contribution in [0.15, 0.2) is 24.4 Å². The number of ether oxygens (including phenoxy) is 1. The summed E-state index contributed by atoms with van der Waals surface area (Å²) in [6.07, 6.45) is 3.81. The van der Waals surface area contributed by atoms with Gasteiger partial charge in [-0.25, -0.2) is 9.78 Å². The number of hydrogen-bond donors (Lipinski definition) is 0. The third-order valence-electron chi connectivity index (χ3n) is 3.16. The van der Waals surface area contributed by atoms with Crippen LogP contribution in [0.2, 0.25) is 0 Å². The molecule has 4 heteroatoms. The average molecular weight is 234 g/mol. The van der Waals surface area contributed by atoms with E-state index in [1.807, 2.05) is 0 Å². The van der Waals surface area contributed by atoms with Crippen LogP contribution in [-0.2, 0) is 4.74 Å². The zero-order valence-corrected chi connectivity index (χ0v) is 10.1. The van der Waals surface area contributed by atoms with Crippen molar-refractivity contribution in [1.82, 2.24) is 9.88 Å². The van der Waals surface area contributed by atoms with Gasteiger partial charge in [-0.1, -0.05) is 6.07 Å². The number of nitrogens with zero attached hydrogens (tertiary/aromatic N) is 2. The molecule has 0 unspecified atom stereocenters. The van der Waals surface area contributed by atoms with Gasteiger partial charge < -0.3 is 9.64 Å². The maximum Gasteiger partial charge on any atom is 0.356 e. The van der Waals surface area contributed by atoms with E-state index < -0.39 is 0 Å². The van der Waals surface area contributed by atoms with Crippen molar-refractivity contribution in [3.05, 3.63) is 30.1 Å². The van der Waals surface area contributed by atoms with Crippen LogP contribution in [0.25, 0.3) is 0 Å². The molecular weight excluding hydrogens is 216 g/mol. The van der Waals surface area contributed by atoms with Crippen molar-refractivity contribution < 1.29 is 9.53 Å². The Morgan fingerprint density at radius 3 is 2.88 bits per heavy atom. The Morgan fingerprint density at radius 2 is 2.24 bits per heavy atom. The third-order valence-corrected chi connectivity index (χ3v) is 3.16. The Hall–Kier alpha value is -1.42. The van der Waals surface area contributed by atoms with Gasteiger partial charge in [-0.05, 0) is 51.0 Å². The van der Waals surface area contributed by atoms with E-state index in [9.17, 15) is 4.79 Å². The minimum Gasteiger partial charge on any atom is -0.461 e. The smallest absolute Gasteiger partial charge is 0.356 e. The van der Waals surface area contributed by atoms with Gasteiger partial charge in [0, 0.05) is 6.20 Å². The summed E-state index contributed by atoms with van der Waals surface area (Å²) in [4.78, 5) is 17.9. The Balaban J connectivity index is 1.77. The highest BCUT2D eigenvalue weighted by atomic mass is 16.5. The molecule has 2 heterocycles. The first kappa shape index (κ1) is 12.0. The van der Waals surface area contributed by atoms with Crippen LogP contribution in [0.1, 0.15) is 23.3 Å². The minimum absolute atomic E-state index is 0.315. The van der Waals surface area contributed by atoms with Crippen molar-refractivity contribution in [2.24, 2.45) is 5.92 Å². The fourth-order valence-electron chi connectivity index (χ4n) is 1.98. The molecule has 4 nitrogen and oxygen atoms in total. The quantitative estimate of drug-likeness (QED) is 0.745. The van der Waals surface area contributed by atoms with Gasteiger partial charge >= 0.3 is 5.97 Å². The van der Waals surface area contributed by atoms with Crippen molar-refractivity contribution >= 4 is 5.97 Å². The van der Waals surface area contributed by atoms with E-state index in [-0.39, 0.29) is 5.97 Å². The first-order chi connectivity index (χ1) is 8.25. The second kappa shape index (κ2) is 5.77. The fraction of sp³-hybridized carbons (Fsp3) is 0.538. The molecule has 1 fully saturated rings. The predicted octanol–water partition coefficient (Wildman–Crippen LogP) is 1.58. The lowest BCUT2D eigenvalue weighted by molar-refractivity contribution is 0.0377. The number of rotatable bonds is 3. The summed E-state index contributed by atoms with van der Waals surface area (Å²) >= 11 is 0. The highest BCUT2D eigenvalue weighted by Crippen LogP contribution is 2.16. The number of likely N-dealkylation sites (tertiary alicyclic amines) is 1. The molecule has 1 saturated heterocycles. The van der Waals surface area contributed by atoms with Gasteiger partial charge in [0.15, 0.2) is 0 Å². The predicted molar refractivity (Wildman–Crippen MR) is 64.7 cm³/mol. The summed E-state index contributed by atoms with van der Waals surface area (Å²) in [6.45, 7) is 2.70. The molecule has 92 valence electrons. The number of esters is 1. The first-order valence-corrected chi connectivity index (χ1v) is 6.02. The minimum atomic E-state index is -0.315. The van der Waals surface area contributed by atoms with Crippen LogP contribution in [-0.4, -0.2) is 42.6 Å². The highest BCUT2D eigenvalue weighted by molar-refractivity contribution is 5.87. The molecule has 0 saturated carbocycles. The van der Waals surface area contributed by atoms with E-state index in [0.29, 0.717) is 18.2 Å². The molecule has 0 radical (unpaired) electrons. The molecule has 1 aliphatic rings. The number of carbonyl (C=O) groups is 1. The zero-order chi connectivity index (χ0) is 12.1. The number of carbonyl (C=O) groups excluding carboxylic acids is 1. The van der Waals surface area contributed by atoms with E-state index in [4.69, 9.17) is 4.74 Å². The molecule has 0 spiro atoms. The summed E-state index contributed by atoms with van der Waals surface area (Å²) < 4.78 is 5.28. The van der Waals surface area contributed by atoms with Crippen molar-refractivity contribution in [3.8, 4) is 0 Å². The average Bonchev–Trinajstić information content (AvgIpc) is 2.39. The number of piperidine rings is 1. The van der Waals surface area contributed by atoms with Gasteiger partial charge in [-0.15, -0.1) is 0 Å². The maximum absolute atomic E-state index is 11.7. The monoisotopic (exact) mass is 234 g/mol. The number of pyridine rings is 1. The van der Waals surface area contributed by atoms with Crippen LogP contribution in [0.4, 0.5) is 0 Å². The molecule has 17 heavy (non-hydrogen) atoms.